The summed E-state index contributed by atoms with van der Waals surface area (Å²) >= 11 is 0. The molecular weight excluding hydrogens is 201 g/mol. The van der Waals surface area contributed by atoms with E-state index >= 15 is 0 Å². The lowest BCUT2D eigenvalue weighted by molar-refractivity contribution is 0.00128. The van der Waals surface area contributed by atoms with Crippen molar-refractivity contribution >= 4 is 0 Å². The molecule has 0 radical (unpaired) electrons. The van der Waals surface area contributed by atoms with Gasteiger partial charge in [0, 0.05) is 6.04 Å². The molecule has 2 aliphatic carbocycles. The van der Waals surface area contributed by atoms with Crippen molar-refractivity contribution in [3.05, 3.63) is 0 Å². The van der Waals surface area contributed by atoms with Gasteiger partial charge in [0.1, 0.15) is 5.67 Å². The van der Waals surface area contributed by atoms with E-state index in [0.717, 1.165) is 38.0 Å². The Labute approximate surface area is 99.0 Å². The van der Waals surface area contributed by atoms with Crippen molar-refractivity contribution in [1.29, 1.82) is 0 Å². The number of alkyl halides is 1. The number of rotatable bonds is 2. The topological polar surface area (TPSA) is 26.0 Å². The van der Waals surface area contributed by atoms with E-state index in [2.05, 4.69) is 6.92 Å². The van der Waals surface area contributed by atoms with Crippen molar-refractivity contribution in [3.63, 3.8) is 0 Å². The minimum Gasteiger partial charge on any atom is -0.328 e. The van der Waals surface area contributed by atoms with Gasteiger partial charge in [0.05, 0.1) is 0 Å². The van der Waals surface area contributed by atoms with Gasteiger partial charge in [0.2, 0.25) is 0 Å². The molecular formula is C14H26FN. The molecule has 94 valence electrons. The van der Waals surface area contributed by atoms with Gasteiger partial charge >= 0.3 is 0 Å². The maximum Gasteiger partial charge on any atom is 0.115 e. The highest BCUT2D eigenvalue weighted by atomic mass is 19.1. The summed E-state index contributed by atoms with van der Waals surface area (Å²) in [7, 11) is 0. The number of nitrogens with two attached hydrogens (primary N) is 1. The van der Waals surface area contributed by atoms with E-state index in [0.29, 0.717) is 12.3 Å². The van der Waals surface area contributed by atoms with Crippen molar-refractivity contribution in [2.45, 2.75) is 76.4 Å². The highest BCUT2D eigenvalue weighted by Crippen LogP contribution is 2.45. The van der Waals surface area contributed by atoms with Crippen molar-refractivity contribution in [3.8, 4) is 0 Å². The van der Waals surface area contributed by atoms with Gasteiger partial charge in [-0.1, -0.05) is 26.2 Å². The summed E-state index contributed by atoms with van der Waals surface area (Å²) < 4.78 is 14.9. The minimum atomic E-state index is -0.925. The molecule has 0 aliphatic heterocycles. The maximum atomic E-state index is 14.9. The molecule has 0 heterocycles. The third-order valence-electron chi connectivity index (χ3n) is 4.86. The second-order valence-electron chi connectivity index (χ2n) is 6.03. The Bertz CT molecular complexity index is 231. The molecule has 0 aromatic heterocycles. The Morgan fingerprint density at radius 3 is 2.75 bits per heavy atom. The van der Waals surface area contributed by atoms with Gasteiger partial charge in [-0.3, -0.25) is 0 Å². The van der Waals surface area contributed by atoms with E-state index in [-0.39, 0.29) is 6.04 Å². The zero-order valence-electron chi connectivity index (χ0n) is 10.6. The van der Waals surface area contributed by atoms with Gasteiger partial charge in [0.25, 0.3) is 0 Å². The van der Waals surface area contributed by atoms with Gasteiger partial charge in [-0.05, 0) is 50.4 Å². The fraction of sp³-hybridized carbons (Fsp3) is 1.00. The summed E-state index contributed by atoms with van der Waals surface area (Å²) in [5.74, 6) is 1.07. The van der Waals surface area contributed by atoms with E-state index in [1.807, 2.05) is 0 Å². The maximum absolute atomic E-state index is 14.9. The highest BCUT2D eigenvalue weighted by Gasteiger charge is 2.43. The van der Waals surface area contributed by atoms with E-state index in [1.54, 1.807) is 0 Å². The SMILES string of the molecule is CCC1CCCC(C2(F)CCCC(N)C2)C1. The molecule has 2 rings (SSSR count). The second kappa shape index (κ2) is 5.03. The second-order valence-corrected chi connectivity index (χ2v) is 6.03. The fourth-order valence-electron chi connectivity index (χ4n) is 3.80. The predicted octanol–water partition coefficient (Wildman–Crippen LogP) is 3.81. The predicted molar refractivity (Wildman–Crippen MR) is 66.0 cm³/mol. The van der Waals surface area contributed by atoms with Crippen LogP contribution in [0.2, 0.25) is 0 Å². The number of halogens is 1. The molecule has 1 nitrogen and oxygen atoms in total. The Morgan fingerprint density at radius 2 is 2.06 bits per heavy atom. The smallest absolute Gasteiger partial charge is 0.115 e. The van der Waals surface area contributed by atoms with Gasteiger partial charge in [-0.25, -0.2) is 4.39 Å². The van der Waals surface area contributed by atoms with Gasteiger partial charge in [-0.15, -0.1) is 0 Å². The van der Waals surface area contributed by atoms with E-state index in [4.69, 9.17) is 5.73 Å². The van der Waals surface area contributed by atoms with Gasteiger partial charge < -0.3 is 5.73 Å². The van der Waals surface area contributed by atoms with Crippen LogP contribution in [0.4, 0.5) is 4.39 Å². The number of hydrogen-bond acceptors (Lipinski definition) is 1. The minimum absolute atomic E-state index is 0.112. The van der Waals surface area contributed by atoms with Crippen LogP contribution >= 0.6 is 0 Å². The fourth-order valence-corrected chi connectivity index (χ4v) is 3.80. The first-order valence-electron chi connectivity index (χ1n) is 7.08. The van der Waals surface area contributed by atoms with Crippen LogP contribution in [0.5, 0.6) is 0 Å². The van der Waals surface area contributed by atoms with Crippen molar-refractivity contribution in [2.24, 2.45) is 17.6 Å². The molecule has 0 bridgehead atoms. The molecule has 0 aromatic carbocycles. The summed E-state index contributed by atoms with van der Waals surface area (Å²) in [5.41, 5.74) is 5.02. The van der Waals surface area contributed by atoms with Gasteiger partial charge in [-0.2, -0.15) is 0 Å². The molecule has 4 atom stereocenters. The van der Waals surface area contributed by atoms with Crippen LogP contribution in [0.1, 0.15) is 64.7 Å². The molecule has 0 spiro atoms. The van der Waals surface area contributed by atoms with Crippen molar-refractivity contribution < 1.29 is 4.39 Å². The van der Waals surface area contributed by atoms with E-state index in [1.165, 1.54) is 19.3 Å². The summed E-state index contributed by atoms with van der Waals surface area (Å²) in [4.78, 5) is 0. The molecule has 2 saturated carbocycles. The zero-order valence-corrected chi connectivity index (χ0v) is 10.6. The molecule has 2 heteroatoms. The first-order chi connectivity index (χ1) is 7.64. The molecule has 0 saturated heterocycles. The first-order valence-corrected chi connectivity index (χ1v) is 7.08. The third kappa shape index (κ3) is 2.58. The standard InChI is InChI=1S/C14H26FN/c1-2-11-5-3-6-12(9-11)14(15)8-4-7-13(16)10-14/h11-13H,2-10,16H2,1H3. The molecule has 0 amide bonds. The van der Waals surface area contributed by atoms with Crippen LogP contribution in [0.3, 0.4) is 0 Å². The Kier molecular flexibility index (Phi) is 3.89. The summed E-state index contributed by atoms with van der Waals surface area (Å²) in [6, 6.07) is 0.112. The summed E-state index contributed by atoms with van der Waals surface area (Å²) in [6.07, 6.45) is 9.37. The summed E-state index contributed by atoms with van der Waals surface area (Å²) in [5, 5.41) is 0. The van der Waals surface area contributed by atoms with Crippen LogP contribution in [0, 0.1) is 11.8 Å². The Balaban J connectivity index is 1.98. The third-order valence-corrected chi connectivity index (χ3v) is 4.86. The molecule has 2 aliphatic rings. The van der Waals surface area contributed by atoms with Crippen LogP contribution < -0.4 is 5.73 Å². The molecule has 0 aromatic rings. The van der Waals surface area contributed by atoms with Crippen LogP contribution in [-0.4, -0.2) is 11.7 Å². The molecule has 16 heavy (non-hydrogen) atoms. The van der Waals surface area contributed by atoms with E-state index < -0.39 is 5.67 Å². The lowest BCUT2D eigenvalue weighted by atomic mass is 9.67. The molecule has 2 N–H and O–H groups in total. The average Bonchev–Trinajstić information content (AvgIpc) is 2.29. The monoisotopic (exact) mass is 227 g/mol. The van der Waals surface area contributed by atoms with E-state index in [9.17, 15) is 4.39 Å². The van der Waals surface area contributed by atoms with Crippen LogP contribution in [0.15, 0.2) is 0 Å². The van der Waals surface area contributed by atoms with Crippen LogP contribution in [0.25, 0.3) is 0 Å². The molecule has 2 fully saturated rings. The molecule has 4 unspecified atom stereocenters. The Morgan fingerprint density at radius 1 is 1.25 bits per heavy atom. The average molecular weight is 227 g/mol. The normalized spacial score (nSPS) is 45.6. The largest absolute Gasteiger partial charge is 0.328 e. The lowest BCUT2D eigenvalue weighted by Gasteiger charge is -2.42. The number of hydrogen-bond donors (Lipinski definition) is 1. The quantitative estimate of drug-likeness (QED) is 0.762. The van der Waals surface area contributed by atoms with Gasteiger partial charge in [0.15, 0.2) is 0 Å². The zero-order chi connectivity index (χ0) is 11.6. The lowest BCUT2D eigenvalue weighted by Crippen LogP contribution is -2.44. The first kappa shape index (κ1) is 12.3. The Hall–Kier alpha value is -0.110. The van der Waals surface area contributed by atoms with Crippen molar-refractivity contribution in [1.82, 2.24) is 0 Å². The van der Waals surface area contributed by atoms with Crippen molar-refractivity contribution in [2.75, 3.05) is 0 Å². The van der Waals surface area contributed by atoms with Crippen LogP contribution in [-0.2, 0) is 0 Å². The summed E-state index contributed by atoms with van der Waals surface area (Å²) in [6.45, 7) is 2.24. The highest BCUT2D eigenvalue weighted by molar-refractivity contribution is 4.95.